The second-order valence-electron chi connectivity index (χ2n) is 9.23. The zero-order chi connectivity index (χ0) is 26.7. The molecule has 0 radical (unpaired) electrons. The molecule has 1 fully saturated rings. The highest BCUT2D eigenvalue weighted by Gasteiger charge is 2.31. The molecule has 3 heterocycles. The molecule has 5 rings (SSSR count). The van der Waals surface area contributed by atoms with Crippen LogP contribution in [-0.4, -0.2) is 54.7 Å². The van der Waals surface area contributed by atoms with Gasteiger partial charge < -0.3 is 20.3 Å². The summed E-state index contributed by atoms with van der Waals surface area (Å²) in [6.45, 7) is 3.06. The predicted molar refractivity (Wildman–Crippen MR) is 141 cm³/mol. The first-order valence-corrected chi connectivity index (χ1v) is 13.8. The minimum Gasteiger partial charge on any atom is -0.382 e. The minimum absolute atomic E-state index is 0.181. The lowest BCUT2D eigenvalue weighted by Gasteiger charge is -2.10. The van der Waals surface area contributed by atoms with Gasteiger partial charge in [-0.3, -0.25) is 0 Å². The summed E-state index contributed by atoms with van der Waals surface area (Å²) in [4.78, 5) is 9.13. The fraction of sp³-hybridized carbons (Fsp3) is 0.296. The van der Waals surface area contributed by atoms with Crippen LogP contribution in [0.25, 0.3) is 34.0 Å². The van der Waals surface area contributed by atoms with Crippen LogP contribution in [0.2, 0.25) is 0 Å². The average Bonchev–Trinajstić information content (AvgIpc) is 3.63. The largest absolute Gasteiger partial charge is 0.382 e. The lowest BCUT2D eigenvalue weighted by molar-refractivity contribution is 0.198. The van der Waals surface area contributed by atoms with Gasteiger partial charge in [0.25, 0.3) is 0 Å². The number of halogens is 1. The summed E-state index contributed by atoms with van der Waals surface area (Å²) >= 11 is 0. The van der Waals surface area contributed by atoms with Crippen molar-refractivity contribution in [2.45, 2.75) is 36.2 Å². The molecule has 3 N–H and O–H groups in total. The van der Waals surface area contributed by atoms with Crippen LogP contribution in [0.4, 0.5) is 10.2 Å². The molecule has 0 spiro atoms. The zero-order valence-electron chi connectivity index (χ0n) is 20.8. The second-order valence-corrected chi connectivity index (χ2v) is 11.5. The third-order valence-electron chi connectivity index (χ3n) is 6.35. The van der Waals surface area contributed by atoms with E-state index in [2.05, 4.69) is 20.4 Å². The summed E-state index contributed by atoms with van der Waals surface area (Å²) < 4.78 is 49.4. The van der Waals surface area contributed by atoms with Crippen molar-refractivity contribution in [2.75, 3.05) is 25.5 Å². The van der Waals surface area contributed by atoms with E-state index < -0.39 is 21.3 Å². The number of nitrogens with two attached hydrogens (primary N) is 1. The van der Waals surface area contributed by atoms with Gasteiger partial charge in [0.1, 0.15) is 11.9 Å². The van der Waals surface area contributed by atoms with E-state index in [0.29, 0.717) is 54.5 Å². The third kappa shape index (κ3) is 5.59. The van der Waals surface area contributed by atoms with Crippen molar-refractivity contribution in [1.29, 1.82) is 0 Å². The molecule has 38 heavy (non-hydrogen) atoms. The van der Waals surface area contributed by atoms with E-state index >= 15 is 0 Å². The number of hydrogen-bond acceptors (Lipinski definition) is 9. The molecule has 1 saturated heterocycles. The van der Waals surface area contributed by atoms with E-state index in [4.69, 9.17) is 15.0 Å². The Morgan fingerprint density at radius 1 is 1.11 bits per heavy atom. The average molecular weight is 538 g/mol. The molecule has 0 amide bonds. The molecule has 198 valence electrons. The number of sulfone groups is 1. The monoisotopic (exact) mass is 537 g/mol. The Kier molecular flexibility index (Phi) is 7.50. The number of nitrogens with zero attached hydrogens (tertiary/aromatic N) is 3. The zero-order valence-corrected chi connectivity index (χ0v) is 21.6. The van der Waals surface area contributed by atoms with Crippen LogP contribution >= 0.6 is 0 Å². The Morgan fingerprint density at radius 3 is 2.50 bits per heavy atom. The molecule has 11 heteroatoms. The molecule has 2 unspecified atom stereocenters. The molecule has 0 bridgehead atoms. The molecule has 0 aliphatic carbocycles. The van der Waals surface area contributed by atoms with Crippen molar-refractivity contribution in [3.63, 3.8) is 0 Å². The van der Waals surface area contributed by atoms with Crippen LogP contribution in [0.5, 0.6) is 0 Å². The first-order valence-electron chi connectivity index (χ1n) is 12.3. The number of hydrogen-bond donors (Lipinski definition) is 2. The first kappa shape index (κ1) is 26.0. The summed E-state index contributed by atoms with van der Waals surface area (Å²) in [6.07, 6.45) is 1.13. The van der Waals surface area contributed by atoms with Gasteiger partial charge in [-0.15, -0.1) is 0 Å². The highest BCUT2D eigenvalue weighted by Crippen LogP contribution is 2.30. The predicted octanol–water partition coefficient (Wildman–Crippen LogP) is 4.06. The quantitative estimate of drug-likeness (QED) is 0.324. The standard InChI is InChI=1S/C27H28FN5O4S/c1-17(28)13-30-14-18-2-4-19(5-3-18)23-12-25(37-33-23)26-27(29)31-15-24(32-26)20-6-8-21(9-7-20)38(34,35)22-10-11-36-16-22/h2-9,12,15,17,22,30H,10-11,13-14,16H2,1H3,(H2,29,31). The minimum atomic E-state index is -3.45. The van der Waals surface area contributed by atoms with Gasteiger partial charge in [0.05, 0.1) is 28.6 Å². The normalized spacial score (nSPS) is 16.5. The van der Waals surface area contributed by atoms with Crippen molar-refractivity contribution in [1.82, 2.24) is 20.4 Å². The molecular weight excluding hydrogens is 509 g/mol. The van der Waals surface area contributed by atoms with Gasteiger partial charge in [-0.2, -0.15) is 0 Å². The van der Waals surface area contributed by atoms with E-state index in [1.807, 2.05) is 24.3 Å². The van der Waals surface area contributed by atoms with Gasteiger partial charge in [-0.25, -0.2) is 22.8 Å². The number of rotatable bonds is 9. The Morgan fingerprint density at radius 2 is 1.82 bits per heavy atom. The number of nitrogen functional groups attached to an aromatic ring is 1. The number of anilines is 1. The molecular formula is C27H28FN5O4S. The Labute approximate surface area is 220 Å². The summed E-state index contributed by atoms with van der Waals surface area (Å²) in [5.74, 6) is 0.537. The number of nitrogens with one attached hydrogen (secondary N) is 1. The van der Waals surface area contributed by atoms with Gasteiger partial charge in [0.15, 0.2) is 27.1 Å². The van der Waals surface area contributed by atoms with Gasteiger partial charge in [-0.05, 0) is 31.0 Å². The maximum Gasteiger partial charge on any atom is 0.189 e. The highest BCUT2D eigenvalue weighted by atomic mass is 32.2. The summed E-state index contributed by atoms with van der Waals surface area (Å²) in [5, 5.41) is 6.70. The fourth-order valence-corrected chi connectivity index (χ4v) is 5.80. The molecule has 0 saturated carbocycles. The van der Waals surface area contributed by atoms with Crippen LogP contribution in [-0.2, 0) is 21.1 Å². The summed E-state index contributed by atoms with van der Waals surface area (Å²) in [6, 6.07) is 16.0. The van der Waals surface area contributed by atoms with Crippen molar-refractivity contribution in [2.24, 2.45) is 0 Å². The van der Waals surface area contributed by atoms with Crippen LogP contribution < -0.4 is 11.1 Å². The van der Waals surface area contributed by atoms with Crippen LogP contribution in [0.3, 0.4) is 0 Å². The van der Waals surface area contributed by atoms with E-state index in [-0.39, 0.29) is 17.3 Å². The van der Waals surface area contributed by atoms with Crippen molar-refractivity contribution < 1.29 is 22.1 Å². The molecule has 9 nitrogen and oxygen atoms in total. The van der Waals surface area contributed by atoms with Gasteiger partial charge in [0, 0.05) is 36.9 Å². The maximum atomic E-state index is 13.0. The Balaban J connectivity index is 1.34. The second kappa shape index (κ2) is 11.0. The van der Waals surface area contributed by atoms with Crippen molar-refractivity contribution in [3.8, 4) is 34.0 Å². The van der Waals surface area contributed by atoms with E-state index in [0.717, 1.165) is 11.1 Å². The smallest absolute Gasteiger partial charge is 0.189 e. The fourth-order valence-electron chi connectivity index (χ4n) is 4.22. The van der Waals surface area contributed by atoms with E-state index in [9.17, 15) is 12.8 Å². The highest BCUT2D eigenvalue weighted by molar-refractivity contribution is 7.92. The van der Waals surface area contributed by atoms with Gasteiger partial charge in [0.2, 0.25) is 0 Å². The van der Waals surface area contributed by atoms with Crippen LogP contribution in [0, 0.1) is 0 Å². The molecule has 1 aliphatic heterocycles. The molecule has 4 aromatic rings. The number of aromatic nitrogens is 3. The number of benzene rings is 2. The maximum absolute atomic E-state index is 13.0. The number of ether oxygens (including phenoxy) is 1. The van der Waals surface area contributed by atoms with Crippen LogP contribution in [0.15, 0.2) is 70.2 Å². The summed E-state index contributed by atoms with van der Waals surface area (Å²) in [5.41, 5.74) is 10.1. The molecule has 1 aliphatic rings. The SMILES string of the molecule is CC(F)CNCc1ccc(-c2cc(-c3nc(-c4ccc(S(=O)(=O)C5CCOC5)cc4)cnc3N)on2)cc1. The first-order chi connectivity index (χ1) is 18.3. The summed E-state index contributed by atoms with van der Waals surface area (Å²) in [7, 11) is -3.45. The van der Waals surface area contributed by atoms with Crippen molar-refractivity contribution in [3.05, 3.63) is 66.4 Å². The Bertz CT molecular complexity index is 1500. The van der Waals surface area contributed by atoms with E-state index in [1.165, 1.54) is 13.1 Å². The van der Waals surface area contributed by atoms with Gasteiger partial charge >= 0.3 is 0 Å². The van der Waals surface area contributed by atoms with Crippen molar-refractivity contribution >= 4 is 15.7 Å². The topological polar surface area (TPSA) is 133 Å². The lowest BCUT2D eigenvalue weighted by atomic mass is 10.1. The van der Waals surface area contributed by atoms with E-state index in [1.54, 1.807) is 30.3 Å². The molecule has 2 atom stereocenters. The van der Waals surface area contributed by atoms with Crippen LogP contribution in [0.1, 0.15) is 18.9 Å². The Hall–Kier alpha value is -3.67. The number of alkyl halides is 1. The third-order valence-corrected chi connectivity index (χ3v) is 8.53. The lowest BCUT2D eigenvalue weighted by Crippen LogP contribution is -2.21. The van der Waals surface area contributed by atoms with Gasteiger partial charge in [-0.1, -0.05) is 41.6 Å². The molecule has 2 aromatic carbocycles. The molecule has 2 aromatic heterocycles.